The molecule has 1 aromatic carbocycles. The Morgan fingerprint density at radius 1 is 1.27 bits per heavy atom. The third-order valence-electron chi connectivity index (χ3n) is 4.85. The van der Waals surface area contributed by atoms with Crippen LogP contribution in [0.1, 0.15) is 24.8 Å². The number of carbonyl (C=O) groups excluding carboxylic acids is 2. The number of hydrogen-bond acceptors (Lipinski definition) is 6. The summed E-state index contributed by atoms with van der Waals surface area (Å²) in [7, 11) is 0. The lowest BCUT2D eigenvalue weighted by molar-refractivity contribution is -0.124. The summed E-state index contributed by atoms with van der Waals surface area (Å²) < 4.78 is 15.1. The van der Waals surface area contributed by atoms with Crippen LogP contribution in [-0.2, 0) is 9.59 Å². The van der Waals surface area contributed by atoms with Gasteiger partial charge in [-0.15, -0.1) is 0 Å². The average Bonchev–Trinajstić information content (AvgIpc) is 3.34. The van der Waals surface area contributed by atoms with Gasteiger partial charge in [-0.1, -0.05) is 11.6 Å². The van der Waals surface area contributed by atoms with E-state index >= 15 is 0 Å². The summed E-state index contributed by atoms with van der Waals surface area (Å²) in [6.07, 6.45) is 5.38. The lowest BCUT2D eigenvalue weighted by atomic mass is 10.1. The maximum Gasteiger partial charge on any atom is 0.254 e. The second-order valence-corrected chi connectivity index (χ2v) is 7.67. The lowest BCUT2D eigenvalue weighted by Gasteiger charge is -2.12. The van der Waals surface area contributed by atoms with E-state index in [0.29, 0.717) is 34.3 Å². The number of halogens is 2. The smallest absolute Gasteiger partial charge is 0.254 e. The minimum atomic E-state index is -0.504. The fourth-order valence-electron chi connectivity index (χ4n) is 3.22. The first kappa shape index (κ1) is 18.6. The molecule has 2 aliphatic rings. The molecule has 1 saturated carbocycles. The minimum Gasteiger partial charge on any atom is -0.367 e. The van der Waals surface area contributed by atoms with Crippen LogP contribution in [0.3, 0.4) is 0 Å². The Bertz CT molecular complexity index is 1230. The summed E-state index contributed by atoms with van der Waals surface area (Å²) in [5, 5.41) is 13.2. The van der Waals surface area contributed by atoms with Crippen LogP contribution < -0.4 is 16.0 Å². The van der Waals surface area contributed by atoms with Crippen molar-refractivity contribution in [2.75, 3.05) is 10.6 Å². The molecular formula is C20H16ClFN6O2. The highest BCUT2D eigenvalue weighted by Gasteiger charge is 2.25. The largest absolute Gasteiger partial charge is 0.367 e. The number of nitrogens with zero attached hydrogens (tertiary/aromatic N) is 3. The van der Waals surface area contributed by atoms with Crippen molar-refractivity contribution in [2.24, 2.45) is 0 Å². The standard InChI is InChI=1S/C20H16ClFN6O2/c21-14-7-13(3-4-15(14)22)24-16-8-17(25-12-1-2-12)28-19(26-16)11(9-23-28)5-10-6-18(29)27-20(10)30/h3-5,7-9,12,25H,1-2,6H2,(H,24,26)(H,27,29,30)/b10-5+. The SMILES string of the molecule is O=C1C/C(=C\c2cnn3c(NC4CC4)cc(Nc4ccc(F)c(Cl)c4)nc23)C(=O)N1. The Labute approximate surface area is 175 Å². The van der Waals surface area contributed by atoms with Crippen LogP contribution in [0.5, 0.6) is 0 Å². The van der Waals surface area contributed by atoms with Gasteiger partial charge in [0.05, 0.1) is 17.6 Å². The third-order valence-corrected chi connectivity index (χ3v) is 5.14. The minimum absolute atomic E-state index is 0.00379. The van der Waals surface area contributed by atoms with Crippen molar-refractivity contribution in [3.63, 3.8) is 0 Å². The number of nitrogens with one attached hydrogen (secondary N) is 3. The van der Waals surface area contributed by atoms with Gasteiger partial charge in [0.2, 0.25) is 5.91 Å². The van der Waals surface area contributed by atoms with Crippen molar-refractivity contribution in [3.05, 3.63) is 52.4 Å². The molecule has 2 aromatic heterocycles. The van der Waals surface area contributed by atoms with Crippen LogP contribution in [0.15, 0.2) is 36.0 Å². The molecule has 0 spiro atoms. The molecule has 3 aromatic rings. The average molecular weight is 427 g/mol. The number of rotatable bonds is 5. The predicted molar refractivity (Wildman–Crippen MR) is 110 cm³/mol. The summed E-state index contributed by atoms with van der Waals surface area (Å²) in [5.74, 6) is -0.0146. The highest BCUT2D eigenvalue weighted by atomic mass is 35.5. The maximum atomic E-state index is 13.5. The molecule has 1 aliphatic heterocycles. The number of amides is 2. The maximum absolute atomic E-state index is 13.5. The zero-order valence-electron chi connectivity index (χ0n) is 15.6. The van der Waals surface area contributed by atoms with Gasteiger partial charge >= 0.3 is 0 Å². The molecule has 5 rings (SSSR count). The fourth-order valence-corrected chi connectivity index (χ4v) is 3.40. The molecule has 0 atom stereocenters. The van der Waals surface area contributed by atoms with Gasteiger partial charge in [0, 0.05) is 28.9 Å². The van der Waals surface area contributed by atoms with Gasteiger partial charge in [-0.2, -0.15) is 9.61 Å². The summed E-state index contributed by atoms with van der Waals surface area (Å²) in [5.41, 5.74) is 2.05. The van der Waals surface area contributed by atoms with Crippen molar-refractivity contribution in [2.45, 2.75) is 25.3 Å². The van der Waals surface area contributed by atoms with Gasteiger partial charge in [0.25, 0.3) is 5.91 Å². The molecule has 0 radical (unpaired) electrons. The second kappa shape index (κ2) is 7.10. The van der Waals surface area contributed by atoms with Gasteiger partial charge < -0.3 is 10.6 Å². The quantitative estimate of drug-likeness (QED) is 0.427. The number of hydrogen-bond donors (Lipinski definition) is 3. The van der Waals surface area contributed by atoms with Gasteiger partial charge in [-0.05, 0) is 37.1 Å². The van der Waals surface area contributed by atoms with Gasteiger partial charge in [-0.25, -0.2) is 9.37 Å². The van der Waals surface area contributed by atoms with Crippen LogP contribution in [0.25, 0.3) is 11.7 Å². The summed E-state index contributed by atoms with van der Waals surface area (Å²) in [6, 6.07) is 6.49. The number of anilines is 3. The normalized spacial score (nSPS) is 17.6. The van der Waals surface area contributed by atoms with E-state index in [1.165, 1.54) is 12.1 Å². The summed E-state index contributed by atoms with van der Waals surface area (Å²) in [4.78, 5) is 28.0. The number of benzene rings is 1. The molecule has 2 fully saturated rings. The fraction of sp³-hybridized carbons (Fsp3) is 0.200. The Balaban J connectivity index is 1.57. The van der Waals surface area contributed by atoms with E-state index in [0.717, 1.165) is 18.7 Å². The van der Waals surface area contributed by atoms with Crippen LogP contribution in [0.4, 0.5) is 21.7 Å². The van der Waals surface area contributed by atoms with Crippen molar-refractivity contribution >= 4 is 52.5 Å². The Morgan fingerprint density at radius 2 is 2.10 bits per heavy atom. The Kier molecular flexibility index (Phi) is 4.39. The molecule has 8 nitrogen and oxygen atoms in total. The van der Waals surface area contributed by atoms with E-state index in [-0.39, 0.29) is 17.4 Å². The van der Waals surface area contributed by atoms with E-state index < -0.39 is 11.7 Å². The molecule has 3 heterocycles. The molecule has 0 bridgehead atoms. The van der Waals surface area contributed by atoms with Gasteiger partial charge in [0.1, 0.15) is 17.5 Å². The summed E-state index contributed by atoms with van der Waals surface area (Å²) in [6.45, 7) is 0. The van der Waals surface area contributed by atoms with E-state index in [1.54, 1.807) is 28.9 Å². The molecule has 2 amide bonds. The van der Waals surface area contributed by atoms with Crippen molar-refractivity contribution < 1.29 is 14.0 Å². The molecule has 152 valence electrons. The van der Waals surface area contributed by atoms with Crippen LogP contribution in [0.2, 0.25) is 5.02 Å². The molecule has 0 unspecified atom stereocenters. The van der Waals surface area contributed by atoms with E-state index in [1.807, 2.05) is 0 Å². The molecular weight excluding hydrogens is 411 g/mol. The summed E-state index contributed by atoms with van der Waals surface area (Å²) >= 11 is 5.88. The van der Waals surface area contributed by atoms with Crippen LogP contribution in [0, 0.1) is 5.82 Å². The number of imide groups is 1. The van der Waals surface area contributed by atoms with Crippen LogP contribution in [-0.4, -0.2) is 32.5 Å². The molecule has 10 heteroatoms. The molecule has 3 N–H and O–H groups in total. The predicted octanol–water partition coefficient (Wildman–Crippen LogP) is 3.27. The number of carbonyl (C=O) groups is 2. The van der Waals surface area contributed by atoms with E-state index in [9.17, 15) is 14.0 Å². The molecule has 1 aliphatic carbocycles. The third kappa shape index (κ3) is 3.59. The Morgan fingerprint density at radius 3 is 2.80 bits per heavy atom. The molecule has 1 saturated heterocycles. The van der Waals surface area contributed by atoms with Gasteiger partial charge in [-0.3, -0.25) is 14.9 Å². The van der Waals surface area contributed by atoms with Crippen LogP contribution >= 0.6 is 11.6 Å². The Hall–Kier alpha value is -3.46. The van der Waals surface area contributed by atoms with Crippen molar-refractivity contribution in [1.29, 1.82) is 0 Å². The highest BCUT2D eigenvalue weighted by Crippen LogP contribution is 2.29. The number of aromatic nitrogens is 3. The topological polar surface area (TPSA) is 100 Å². The zero-order valence-corrected chi connectivity index (χ0v) is 16.3. The zero-order chi connectivity index (χ0) is 20.8. The highest BCUT2D eigenvalue weighted by molar-refractivity contribution is 6.31. The second-order valence-electron chi connectivity index (χ2n) is 7.26. The van der Waals surface area contributed by atoms with Crippen molar-refractivity contribution in [3.8, 4) is 0 Å². The first-order chi connectivity index (χ1) is 14.5. The van der Waals surface area contributed by atoms with E-state index in [2.05, 4.69) is 26.0 Å². The monoisotopic (exact) mass is 426 g/mol. The van der Waals surface area contributed by atoms with E-state index in [4.69, 9.17) is 11.6 Å². The number of fused-ring (bicyclic) bond motifs is 1. The van der Waals surface area contributed by atoms with Gasteiger partial charge in [0.15, 0.2) is 5.65 Å². The van der Waals surface area contributed by atoms with Crippen molar-refractivity contribution in [1.82, 2.24) is 19.9 Å². The molecule has 30 heavy (non-hydrogen) atoms. The first-order valence-corrected chi connectivity index (χ1v) is 9.76. The first-order valence-electron chi connectivity index (χ1n) is 9.38. The lowest BCUT2D eigenvalue weighted by Crippen LogP contribution is -2.19.